The van der Waals surface area contributed by atoms with Crippen LogP contribution in [-0.4, -0.2) is 37.9 Å². The van der Waals surface area contributed by atoms with Gasteiger partial charge in [-0.3, -0.25) is 9.59 Å². The minimum Gasteiger partial charge on any atom is -0.463 e. The van der Waals surface area contributed by atoms with Crippen molar-refractivity contribution in [1.29, 1.82) is 0 Å². The second kappa shape index (κ2) is 52.0. The molecule has 0 bridgehead atoms. The maximum atomic E-state index is 12.6. The average Bonchev–Trinajstić information content (AvgIpc) is 3.25. The molecular formula is C55H106O5. The molecule has 0 rings (SSSR count). The smallest absolute Gasteiger partial charge is 0.305 e. The third-order valence-electron chi connectivity index (χ3n) is 12.3. The molecule has 5 heteroatoms. The fourth-order valence-electron chi connectivity index (χ4n) is 8.19. The lowest BCUT2D eigenvalue weighted by atomic mass is 10.0. The number of carbonyl (C=O) groups excluding carboxylic acids is 2. The molecule has 0 saturated carbocycles. The fourth-order valence-corrected chi connectivity index (χ4v) is 8.19. The number of rotatable bonds is 51. The summed E-state index contributed by atoms with van der Waals surface area (Å²) in [5.74, 6) is -0.323. The monoisotopic (exact) mass is 847 g/mol. The van der Waals surface area contributed by atoms with Crippen molar-refractivity contribution in [3.63, 3.8) is 0 Å². The Hall–Kier alpha value is -1.36. The number of allylic oxidation sites excluding steroid dienone is 2. The minimum atomic E-state index is -0.394. The minimum absolute atomic E-state index is 0.159. The molecule has 0 unspecified atom stereocenters. The van der Waals surface area contributed by atoms with Gasteiger partial charge in [-0.2, -0.15) is 0 Å². The molecule has 0 fully saturated rings. The van der Waals surface area contributed by atoms with Crippen LogP contribution in [0.2, 0.25) is 0 Å². The van der Waals surface area contributed by atoms with Gasteiger partial charge in [0.1, 0.15) is 19.3 Å². The number of unbranched alkanes of at least 4 members (excludes halogenated alkanes) is 38. The predicted molar refractivity (Wildman–Crippen MR) is 261 cm³/mol. The van der Waals surface area contributed by atoms with Crippen molar-refractivity contribution in [3.05, 3.63) is 12.2 Å². The predicted octanol–water partition coefficient (Wildman–Crippen LogP) is 18.2. The van der Waals surface area contributed by atoms with Crippen molar-refractivity contribution in [2.45, 2.75) is 309 Å². The van der Waals surface area contributed by atoms with E-state index in [1.165, 1.54) is 231 Å². The Morgan fingerprint density at radius 2 is 0.583 bits per heavy atom. The third kappa shape index (κ3) is 49.3. The normalized spacial score (nSPS) is 12.1. The highest BCUT2D eigenvalue weighted by Gasteiger charge is 2.16. The number of hydrogen-bond acceptors (Lipinski definition) is 5. The Labute approximate surface area is 375 Å². The fraction of sp³-hybridized carbons (Fsp3) is 0.927. The van der Waals surface area contributed by atoms with Gasteiger partial charge in [0.05, 0.1) is 0 Å². The zero-order valence-corrected chi connectivity index (χ0v) is 41.0. The Bertz CT molecular complexity index is 871. The van der Waals surface area contributed by atoms with E-state index in [-0.39, 0.29) is 25.2 Å². The molecule has 0 aliphatic carbocycles. The van der Waals surface area contributed by atoms with Crippen LogP contribution in [0.3, 0.4) is 0 Å². The van der Waals surface area contributed by atoms with Gasteiger partial charge in [0.2, 0.25) is 0 Å². The number of ether oxygens (including phenoxy) is 3. The van der Waals surface area contributed by atoms with E-state index in [9.17, 15) is 9.59 Å². The summed E-state index contributed by atoms with van der Waals surface area (Å²) in [5, 5.41) is 0. The van der Waals surface area contributed by atoms with Gasteiger partial charge in [-0.05, 0) is 44.9 Å². The lowest BCUT2D eigenvalue weighted by Gasteiger charge is -2.18. The van der Waals surface area contributed by atoms with Crippen LogP contribution in [0, 0.1) is 0 Å². The van der Waals surface area contributed by atoms with Crippen LogP contribution in [0.4, 0.5) is 0 Å². The molecule has 0 radical (unpaired) electrons. The summed E-state index contributed by atoms with van der Waals surface area (Å²) in [6.07, 6.45) is 59.5. The molecule has 5 nitrogen and oxygen atoms in total. The zero-order valence-electron chi connectivity index (χ0n) is 41.0. The van der Waals surface area contributed by atoms with Crippen molar-refractivity contribution in [3.8, 4) is 0 Å². The van der Waals surface area contributed by atoms with Gasteiger partial charge < -0.3 is 14.2 Å². The van der Waals surface area contributed by atoms with Crippen molar-refractivity contribution < 1.29 is 23.8 Å². The molecule has 0 aliphatic heterocycles. The van der Waals surface area contributed by atoms with Gasteiger partial charge in [-0.15, -0.1) is 0 Å². The quantitative estimate of drug-likeness (QED) is 0.0347. The summed E-state index contributed by atoms with van der Waals surface area (Å²) in [4.78, 5) is 25.2. The first-order chi connectivity index (χ1) is 29.6. The molecule has 0 saturated heterocycles. The highest BCUT2D eigenvalue weighted by Crippen LogP contribution is 2.16. The van der Waals surface area contributed by atoms with E-state index < -0.39 is 6.10 Å². The summed E-state index contributed by atoms with van der Waals surface area (Å²) in [6.45, 7) is 7.78. The summed E-state index contributed by atoms with van der Waals surface area (Å²) in [5.41, 5.74) is 0. The van der Waals surface area contributed by atoms with E-state index >= 15 is 0 Å². The van der Waals surface area contributed by atoms with Crippen LogP contribution in [0.1, 0.15) is 303 Å². The maximum Gasteiger partial charge on any atom is 0.305 e. The van der Waals surface area contributed by atoms with Crippen LogP contribution < -0.4 is 0 Å². The van der Waals surface area contributed by atoms with E-state index in [0.717, 1.165) is 38.5 Å². The van der Waals surface area contributed by atoms with E-state index in [1.807, 2.05) is 0 Å². The molecule has 0 amide bonds. The van der Waals surface area contributed by atoms with Crippen molar-refractivity contribution in [2.75, 3.05) is 19.8 Å². The van der Waals surface area contributed by atoms with Crippen LogP contribution in [-0.2, 0) is 23.8 Å². The molecule has 356 valence electrons. The van der Waals surface area contributed by atoms with Crippen molar-refractivity contribution in [2.24, 2.45) is 0 Å². The molecular weight excluding hydrogens is 741 g/mol. The summed E-state index contributed by atoms with van der Waals surface area (Å²) in [6, 6.07) is 0. The van der Waals surface area contributed by atoms with Gasteiger partial charge in [0.25, 0.3) is 0 Å². The number of hydrogen-bond donors (Lipinski definition) is 0. The molecule has 0 aromatic carbocycles. The van der Waals surface area contributed by atoms with Crippen molar-refractivity contribution in [1.82, 2.24) is 0 Å². The van der Waals surface area contributed by atoms with Gasteiger partial charge in [0, 0.05) is 19.4 Å². The molecule has 0 spiro atoms. The molecule has 60 heavy (non-hydrogen) atoms. The number of carbonyl (C=O) groups is 2. The highest BCUT2D eigenvalue weighted by atomic mass is 16.6. The SMILES string of the molecule is CCCCCCCC/C=C\CCCCCCCC(=O)OC[C@H](COC(=O)CCCCCCCCCCCCCCC)OCCCCCCCCCCCCCCCCCC. The second-order valence-corrected chi connectivity index (χ2v) is 18.5. The summed E-state index contributed by atoms with van der Waals surface area (Å²) < 4.78 is 17.5. The second-order valence-electron chi connectivity index (χ2n) is 18.5. The lowest BCUT2D eigenvalue weighted by molar-refractivity contribution is -0.155. The van der Waals surface area contributed by atoms with E-state index in [2.05, 4.69) is 32.9 Å². The van der Waals surface area contributed by atoms with Crippen LogP contribution in [0.15, 0.2) is 12.2 Å². The van der Waals surface area contributed by atoms with Crippen molar-refractivity contribution >= 4 is 11.9 Å². The van der Waals surface area contributed by atoms with E-state index in [0.29, 0.717) is 19.4 Å². The Kier molecular flexibility index (Phi) is 50.8. The molecule has 0 aliphatic rings. The zero-order chi connectivity index (χ0) is 43.5. The van der Waals surface area contributed by atoms with E-state index in [4.69, 9.17) is 14.2 Å². The Morgan fingerprint density at radius 1 is 0.333 bits per heavy atom. The first-order valence-corrected chi connectivity index (χ1v) is 27.2. The molecule has 0 N–H and O–H groups in total. The molecule has 0 aromatic rings. The first-order valence-electron chi connectivity index (χ1n) is 27.2. The highest BCUT2D eigenvalue weighted by molar-refractivity contribution is 5.69. The van der Waals surface area contributed by atoms with Gasteiger partial charge in [0.15, 0.2) is 0 Å². The van der Waals surface area contributed by atoms with Gasteiger partial charge >= 0.3 is 11.9 Å². The maximum absolute atomic E-state index is 12.6. The largest absolute Gasteiger partial charge is 0.463 e. The van der Waals surface area contributed by atoms with Crippen LogP contribution in [0.25, 0.3) is 0 Å². The van der Waals surface area contributed by atoms with Crippen LogP contribution >= 0.6 is 0 Å². The lowest BCUT2D eigenvalue weighted by Crippen LogP contribution is -2.29. The van der Waals surface area contributed by atoms with Crippen LogP contribution in [0.5, 0.6) is 0 Å². The molecule has 0 heterocycles. The third-order valence-corrected chi connectivity index (χ3v) is 12.3. The summed E-state index contributed by atoms with van der Waals surface area (Å²) >= 11 is 0. The number of esters is 2. The topological polar surface area (TPSA) is 61.8 Å². The van der Waals surface area contributed by atoms with Gasteiger partial charge in [-0.25, -0.2) is 0 Å². The average molecular weight is 847 g/mol. The molecule has 1 atom stereocenters. The standard InChI is InChI=1S/C55H106O5/c1-4-7-10-13-16-19-22-25-27-29-32-35-38-41-44-47-50-58-53(51-59-54(56)48-45-42-39-36-33-30-24-21-18-15-12-9-6-3)52-60-55(57)49-46-43-40-37-34-31-28-26-23-20-17-14-11-8-5-2/h26,28,53H,4-25,27,29-52H2,1-3H3/b28-26-/t53-/m0/s1. The summed E-state index contributed by atoms with van der Waals surface area (Å²) in [7, 11) is 0. The Morgan fingerprint density at radius 3 is 0.883 bits per heavy atom. The van der Waals surface area contributed by atoms with E-state index in [1.54, 1.807) is 0 Å². The Balaban J connectivity index is 4.21. The van der Waals surface area contributed by atoms with Gasteiger partial charge in [-0.1, -0.05) is 258 Å². The first kappa shape index (κ1) is 58.6. The molecule has 0 aromatic heterocycles.